The highest BCUT2D eigenvalue weighted by atomic mass is 16.5. The summed E-state index contributed by atoms with van der Waals surface area (Å²) < 4.78 is 16.3. The third-order valence-electron chi connectivity index (χ3n) is 5.24. The largest absolute Gasteiger partial charge is 0.497 e. The first-order valence-corrected chi connectivity index (χ1v) is 10.9. The van der Waals surface area contributed by atoms with E-state index in [4.69, 9.17) is 13.9 Å². The van der Waals surface area contributed by atoms with Crippen LogP contribution in [0.5, 0.6) is 11.5 Å². The predicted octanol–water partition coefficient (Wildman–Crippen LogP) is 5.24. The minimum Gasteiger partial charge on any atom is -0.497 e. The zero-order valence-electron chi connectivity index (χ0n) is 19.6. The maximum Gasteiger partial charge on any atom is 0.262 e. The maximum absolute atomic E-state index is 12.7. The van der Waals surface area contributed by atoms with Crippen molar-refractivity contribution < 1.29 is 23.5 Å². The lowest BCUT2D eigenvalue weighted by Crippen LogP contribution is -2.20. The third-order valence-corrected chi connectivity index (χ3v) is 5.24. The highest BCUT2D eigenvalue weighted by Crippen LogP contribution is 2.24. The molecule has 2 amide bonds. The maximum atomic E-state index is 12.7. The number of ether oxygens (including phenoxy) is 2. The molecule has 2 N–H and O–H groups in total. The van der Waals surface area contributed by atoms with E-state index in [0.29, 0.717) is 34.3 Å². The SMILES string of the molecule is COc1cccc(NC(=O)COc2ccc(C(=O)Nc3cccc(-c4nc(C)c(C)o4)c3)cc2)c1. The van der Waals surface area contributed by atoms with E-state index >= 15 is 0 Å². The monoisotopic (exact) mass is 471 g/mol. The molecule has 0 aliphatic carbocycles. The van der Waals surface area contributed by atoms with Crippen LogP contribution in [0.4, 0.5) is 11.4 Å². The molecular formula is C27H25N3O5. The number of aromatic nitrogens is 1. The summed E-state index contributed by atoms with van der Waals surface area (Å²) in [6.07, 6.45) is 0. The van der Waals surface area contributed by atoms with E-state index in [1.807, 2.05) is 26.0 Å². The van der Waals surface area contributed by atoms with Gasteiger partial charge in [-0.25, -0.2) is 4.98 Å². The second-order valence-electron chi connectivity index (χ2n) is 7.79. The van der Waals surface area contributed by atoms with E-state index in [9.17, 15) is 9.59 Å². The Bertz CT molecular complexity index is 1330. The molecule has 0 radical (unpaired) electrons. The van der Waals surface area contributed by atoms with Crippen LogP contribution >= 0.6 is 0 Å². The fourth-order valence-electron chi connectivity index (χ4n) is 3.28. The van der Waals surface area contributed by atoms with Gasteiger partial charge < -0.3 is 24.5 Å². The molecule has 8 heteroatoms. The van der Waals surface area contributed by atoms with Gasteiger partial charge >= 0.3 is 0 Å². The van der Waals surface area contributed by atoms with Crippen molar-refractivity contribution in [3.8, 4) is 23.0 Å². The minimum absolute atomic E-state index is 0.171. The number of carbonyl (C=O) groups excluding carboxylic acids is 2. The minimum atomic E-state index is -0.309. The number of oxazole rings is 1. The molecule has 4 aromatic rings. The smallest absolute Gasteiger partial charge is 0.262 e. The predicted molar refractivity (Wildman–Crippen MR) is 133 cm³/mol. The van der Waals surface area contributed by atoms with Gasteiger partial charge in [0.05, 0.1) is 12.8 Å². The van der Waals surface area contributed by atoms with Crippen LogP contribution in [-0.2, 0) is 4.79 Å². The summed E-state index contributed by atoms with van der Waals surface area (Å²) in [5.74, 6) is 1.80. The fourth-order valence-corrected chi connectivity index (χ4v) is 3.28. The molecule has 0 unspecified atom stereocenters. The molecule has 0 spiro atoms. The van der Waals surface area contributed by atoms with Gasteiger partial charge in [0.2, 0.25) is 5.89 Å². The molecule has 0 atom stereocenters. The molecule has 3 aromatic carbocycles. The number of hydrogen-bond acceptors (Lipinski definition) is 6. The quantitative estimate of drug-likeness (QED) is 0.364. The Morgan fingerprint density at radius 3 is 2.29 bits per heavy atom. The summed E-state index contributed by atoms with van der Waals surface area (Å²) in [6, 6.07) is 20.9. The first-order valence-electron chi connectivity index (χ1n) is 10.9. The van der Waals surface area contributed by atoms with Crippen molar-refractivity contribution in [2.24, 2.45) is 0 Å². The summed E-state index contributed by atoms with van der Waals surface area (Å²) in [5, 5.41) is 5.62. The lowest BCUT2D eigenvalue weighted by Gasteiger charge is -2.10. The molecular weight excluding hydrogens is 446 g/mol. The molecule has 178 valence electrons. The highest BCUT2D eigenvalue weighted by molar-refractivity contribution is 6.04. The fraction of sp³-hybridized carbons (Fsp3) is 0.148. The van der Waals surface area contributed by atoms with Gasteiger partial charge in [-0.2, -0.15) is 0 Å². The van der Waals surface area contributed by atoms with E-state index < -0.39 is 0 Å². The van der Waals surface area contributed by atoms with Crippen LogP contribution in [-0.4, -0.2) is 30.5 Å². The average molecular weight is 472 g/mol. The van der Waals surface area contributed by atoms with Gasteiger partial charge in [-0.3, -0.25) is 9.59 Å². The van der Waals surface area contributed by atoms with Gasteiger partial charge in [0, 0.05) is 28.6 Å². The Morgan fingerprint density at radius 2 is 1.60 bits per heavy atom. The van der Waals surface area contributed by atoms with Gasteiger partial charge in [0.25, 0.3) is 11.8 Å². The number of aryl methyl sites for hydroxylation is 2. The van der Waals surface area contributed by atoms with Crippen molar-refractivity contribution in [3.63, 3.8) is 0 Å². The van der Waals surface area contributed by atoms with Crippen molar-refractivity contribution >= 4 is 23.2 Å². The Hall–Kier alpha value is -4.59. The molecule has 0 saturated heterocycles. The van der Waals surface area contributed by atoms with Crippen LogP contribution in [0, 0.1) is 13.8 Å². The number of nitrogens with one attached hydrogen (secondary N) is 2. The Kier molecular flexibility index (Phi) is 7.11. The molecule has 1 aromatic heterocycles. The van der Waals surface area contributed by atoms with Gasteiger partial charge in [-0.05, 0) is 68.4 Å². The van der Waals surface area contributed by atoms with Crippen LogP contribution in [0.2, 0.25) is 0 Å². The van der Waals surface area contributed by atoms with E-state index in [2.05, 4.69) is 15.6 Å². The second kappa shape index (κ2) is 10.6. The first kappa shape index (κ1) is 23.6. The number of carbonyl (C=O) groups is 2. The van der Waals surface area contributed by atoms with Crippen LogP contribution in [0.3, 0.4) is 0 Å². The Balaban J connectivity index is 1.32. The van der Waals surface area contributed by atoms with E-state index in [0.717, 1.165) is 17.0 Å². The second-order valence-corrected chi connectivity index (χ2v) is 7.79. The van der Waals surface area contributed by atoms with Gasteiger partial charge in [0.15, 0.2) is 6.61 Å². The molecule has 0 aliphatic heterocycles. The van der Waals surface area contributed by atoms with Crippen molar-refractivity contribution in [3.05, 3.63) is 89.8 Å². The number of hydrogen-bond donors (Lipinski definition) is 2. The Morgan fingerprint density at radius 1 is 0.886 bits per heavy atom. The third kappa shape index (κ3) is 6.05. The normalized spacial score (nSPS) is 10.5. The summed E-state index contributed by atoms with van der Waals surface area (Å²) in [7, 11) is 1.56. The number of benzene rings is 3. The van der Waals surface area contributed by atoms with Gasteiger partial charge in [0.1, 0.15) is 17.3 Å². The topological polar surface area (TPSA) is 103 Å². The summed E-state index contributed by atoms with van der Waals surface area (Å²) in [6.45, 7) is 3.57. The molecule has 0 saturated carbocycles. The van der Waals surface area contributed by atoms with Gasteiger partial charge in [-0.15, -0.1) is 0 Å². The van der Waals surface area contributed by atoms with Crippen LogP contribution in [0.25, 0.3) is 11.5 Å². The van der Waals surface area contributed by atoms with Gasteiger partial charge in [-0.1, -0.05) is 12.1 Å². The summed E-state index contributed by atoms with van der Waals surface area (Å²) in [5.41, 5.74) is 3.29. The van der Waals surface area contributed by atoms with E-state index in [1.165, 1.54) is 0 Å². The van der Waals surface area contributed by atoms with Crippen molar-refractivity contribution in [2.75, 3.05) is 24.4 Å². The Labute approximate surface area is 202 Å². The molecule has 1 heterocycles. The zero-order chi connectivity index (χ0) is 24.8. The highest BCUT2D eigenvalue weighted by Gasteiger charge is 2.11. The molecule has 35 heavy (non-hydrogen) atoms. The number of anilines is 2. The molecule has 0 fully saturated rings. The zero-order valence-corrected chi connectivity index (χ0v) is 19.6. The van der Waals surface area contributed by atoms with Crippen LogP contribution < -0.4 is 20.1 Å². The lowest BCUT2D eigenvalue weighted by molar-refractivity contribution is -0.118. The number of rotatable bonds is 8. The van der Waals surface area contributed by atoms with Crippen LogP contribution in [0.15, 0.2) is 77.2 Å². The van der Waals surface area contributed by atoms with Crippen molar-refractivity contribution in [1.82, 2.24) is 4.98 Å². The molecule has 0 aliphatic rings. The van der Waals surface area contributed by atoms with E-state index in [-0.39, 0.29) is 18.4 Å². The average Bonchev–Trinajstić information content (AvgIpc) is 3.21. The number of amides is 2. The van der Waals surface area contributed by atoms with Crippen molar-refractivity contribution in [1.29, 1.82) is 0 Å². The van der Waals surface area contributed by atoms with Crippen LogP contribution in [0.1, 0.15) is 21.8 Å². The standard InChI is InChI=1S/C27H25N3O5/c1-17-18(2)35-27(28-17)20-6-4-7-21(14-20)30-26(32)19-10-12-23(13-11-19)34-16-25(31)29-22-8-5-9-24(15-22)33-3/h4-15H,16H2,1-3H3,(H,29,31)(H,30,32). The number of methoxy groups -OCH3 is 1. The summed E-state index contributed by atoms with van der Waals surface area (Å²) in [4.78, 5) is 29.3. The first-order chi connectivity index (χ1) is 16.9. The summed E-state index contributed by atoms with van der Waals surface area (Å²) >= 11 is 0. The number of nitrogens with zero attached hydrogens (tertiary/aromatic N) is 1. The van der Waals surface area contributed by atoms with E-state index in [1.54, 1.807) is 67.8 Å². The molecule has 8 nitrogen and oxygen atoms in total. The lowest BCUT2D eigenvalue weighted by atomic mass is 10.1. The molecule has 0 bridgehead atoms. The molecule has 4 rings (SSSR count). The van der Waals surface area contributed by atoms with Crippen molar-refractivity contribution in [2.45, 2.75) is 13.8 Å².